The Morgan fingerprint density at radius 1 is 1.41 bits per heavy atom. The summed E-state index contributed by atoms with van der Waals surface area (Å²) in [7, 11) is 0. The molecule has 1 aromatic heterocycles. The molecule has 0 aliphatic rings. The van der Waals surface area contributed by atoms with E-state index in [4.69, 9.17) is 4.74 Å². The first-order valence-corrected chi connectivity index (χ1v) is 5.41. The Bertz CT molecular complexity index is 441. The largest absolute Gasteiger partial charge is 0.465 e. The quantitative estimate of drug-likeness (QED) is 0.450. The standard InChI is InChI=1S/C12H16N2O3/c1-5-17-11(16)12(3,4)10(15)9-6-7-13-8(2)14-9/h6-7H,5H2,1-4H3. The van der Waals surface area contributed by atoms with Gasteiger partial charge in [0.25, 0.3) is 0 Å². The van der Waals surface area contributed by atoms with Crippen LogP contribution in [0.3, 0.4) is 0 Å². The van der Waals surface area contributed by atoms with Crippen molar-refractivity contribution in [2.24, 2.45) is 5.41 Å². The lowest BCUT2D eigenvalue weighted by atomic mass is 9.86. The molecule has 0 amide bonds. The van der Waals surface area contributed by atoms with Crippen LogP contribution in [0, 0.1) is 12.3 Å². The van der Waals surface area contributed by atoms with Crippen LogP contribution in [0.2, 0.25) is 0 Å². The average Bonchev–Trinajstić information content (AvgIpc) is 2.28. The van der Waals surface area contributed by atoms with Crippen LogP contribution in [-0.2, 0) is 9.53 Å². The molecule has 0 unspecified atom stereocenters. The van der Waals surface area contributed by atoms with Gasteiger partial charge in [0.2, 0.25) is 0 Å². The van der Waals surface area contributed by atoms with Crippen LogP contribution < -0.4 is 0 Å². The third kappa shape index (κ3) is 2.87. The van der Waals surface area contributed by atoms with E-state index in [1.54, 1.807) is 13.8 Å². The normalized spacial score (nSPS) is 11.1. The Kier molecular flexibility index (Phi) is 3.93. The number of carbonyl (C=O) groups excluding carboxylic acids is 2. The van der Waals surface area contributed by atoms with Gasteiger partial charge in [-0.25, -0.2) is 9.97 Å². The molecular formula is C12H16N2O3. The van der Waals surface area contributed by atoms with Gasteiger partial charge in [-0.05, 0) is 33.8 Å². The molecular weight excluding hydrogens is 220 g/mol. The number of hydrogen-bond acceptors (Lipinski definition) is 5. The minimum Gasteiger partial charge on any atom is -0.465 e. The van der Waals surface area contributed by atoms with Crippen molar-refractivity contribution in [1.82, 2.24) is 9.97 Å². The Hall–Kier alpha value is -1.78. The van der Waals surface area contributed by atoms with E-state index in [9.17, 15) is 9.59 Å². The van der Waals surface area contributed by atoms with Gasteiger partial charge >= 0.3 is 5.97 Å². The first kappa shape index (κ1) is 13.3. The summed E-state index contributed by atoms with van der Waals surface area (Å²) >= 11 is 0. The van der Waals surface area contributed by atoms with Crippen LogP contribution in [-0.4, -0.2) is 28.3 Å². The molecule has 92 valence electrons. The molecule has 1 heterocycles. The topological polar surface area (TPSA) is 69.2 Å². The van der Waals surface area contributed by atoms with E-state index in [-0.39, 0.29) is 18.1 Å². The molecule has 0 saturated heterocycles. The lowest BCUT2D eigenvalue weighted by Gasteiger charge is -2.20. The van der Waals surface area contributed by atoms with Crippen LogP contribution in [0.25, 0.3) is 0 Å². The maximum Gasteiger partial charge on any atom is 0.319 e. The van der Waals surface area contributed by atoms with E-state index >= 15 is 0 Å². The third-order valence-corrected chi connectivity index (χ3v) is 2.36. The molecule has 0 aromatic carbocycles. The van der Waals surface area contributed by atoms with Crippen molar-refractivity contribution in [3.8, 4) is 0 Å². The van der Waals surface area contributed by atoms with E-state index in [1.165, 1.54) is 26.1 Å². The number of ether oxygens (including phenoxy) is 1. The summed E-state index contributed by atoms with van der Waals surface area (Å²) in [5.41, 5.74) is -0.993. The molecule has 1 aromatic rings. The smallest absolute Gasteiger partial charge is 0.319 e. The van der Waals surface area contributed by atoms with Crippen LogP contribution in [0.15, 0.2) is 12.3 Å². The van der Waals surface area contributed by atoms with Gasteiger partial charge < -0.3 is 4.74 Å². The predicted molar refractivity (Wildman–Crippen MR) is 61.5 cm³/mol. The van der Waals surface area contributed by atoms with Gasteiger partial charge in [-0.15, -0.1) is 0 Å². The van der Waals surface area contributed by atoms with Crippen molar-refractivity contribution in [3.63, 3.8) is 0 Å². The van der Waals surface area contributed by atoms with Gasteiger partial charge in [-0.2, -0.15) is 0 Å². The fraction of sp³-hybridized carbons (Fsp3) is 0.500. The number of Topliss-reactive ketones (excluding diaryl/α,β-unsaturated/α-hetero) is 1. The number of carbonyl (C=O) groups is 2. The van der Waals surface area contributed by atoms with E-state index < -0.39 is 11.4 Å². The first-order valence-electron chi connectivity index (χ1n) is 5.41. The zero-order valence-corrected chi connectivity index (χ0v) is 10.5. The van der Waals surface area contributed by atoms with Crippen LogP contribution in [0.4, 0.5) is 0 Å². The molecule has 1 rings (SSSR count). The summed E-state index contributed by atoms with van der Waals surface area (Å²) in [6, 6.07) is 1.50. The summed E-state index contributed by atoms with van der Waals surface area (Å²) in [6.07, 6.45) is 1.50. The van der Waals surface area contributed by atoms with Crippen LogP contribution in [0.5, 0.6) is 0 Å². The van der Waals surface area contributed by atoms with Gasteiger partial charge in [-0.1, -0.05) is 0 Å². The molecule has 0 aliphatic carbocycles. The number of aromatic nitrogens is 2. The Morgan fingerprint density at radius 3 is 2.59 bits per heavy atom. The van der Waals surface area contributed by atoms with Crippen LogP contribution in [0.1, 0.15) is 37.1 Å². The number of rotatable bonds is 4. The predicted octanol–water partition coefficient (Wildman–Crippen LogP) is 1.56. The average molecular weight is 236 g/mol. The van der Waals surface area contributed by atoms with E-state index in [1.807, 2.05) is 0 Å². The fourth-order valence-corrected chi connectivity index (χ4v) is 1.31. The second-order valence-electron chi connectivity index (χ2n) is 4.16. The van der Waals surface area contributed by atoms with E-state index in [0.717, 1.165) is 0 Å². The maximum absolute atomic E-state index is 12.1. The van der Waals surface area contributed by atoms with Crippen molar-refractivity contribution in [2.75, 3.05) is 6.61 Å². The minimum absolute atomic E-state index is 0.232. The Labute approximate surface area is 100 Å². The second-order valence-corrected chi connectivity index (χ2v) is 4.16. The molecule has 0 N–H and O–H groups in total. The van der Waals surface area contributed by atoms with Crippen molar-refractivity contribution >= 4 is 11.8 Å². The highest BCUT2D eigenvalue weighted by Gasteiger charge is 2.38. The molecule has 5 nitrogen and oxygen atoms in total. The molecule has 0 saturated carbocycles. The summed E-state index contributed by atoms with van der Waals surface area (Å²) in [6.45, 7) is 6.70. The zero-order valence-electron chi connectivity index (χ0n) is 10.5. The van der Waals surface area contributed by atoms with E-state index in [2.05, 4.69) is 9.97 Å². The second kappa shape index (κ2) is 5.03. The fourth-order valence-electron chi connectivity index (χ4n) is 1.31. The Morgan fingerprint density at radius 2 is 2.06 bits per heavy atom. The van der Waals surface area contributed by atoms with Gasteiger partial charge in [0.05, 0.1) is 6.61 Å². The number of esters is 1. The highest BCUT2D eigenvalue weighted by atomic mass is 16.5. The Balaban J connectivity index is 3.00. The number of nitrogens with zero attached hydrogens (tertiary/aromatic N) is 2. The first-order chi connectivity index (χ1) is 7.89. The van der Waals surface area contributed by atoms with Crippen molar-refractivity contribution in [1.29, 1.82) is 0 Å². The minimum atomic E-state index is -1.23. The highest BCUT2D eigenvalue weighted by molar-refractivity contribution is 6.10. The third-order valence-electron chi connectivity index (χ3n) is 2.36. The SMILES string of the molecule is CCOC(=O)C(C)(C)C(=O)c1ccnc(C)n1. The lowest BCUT2D eigenvalue weighted by molar-refractivity contribution is -0.150. The molecule has 0 fully saturated rings. The maximum atomic E-state index is 12.1. The van der Waals surface area contributed by atoms with Crippen molar-refractivity contribution in [3.05, 3.63) is 23.8 Å². The highest BCUT2D eigenvalue weighted by Crippen LogP contribution is 2.22. The van der Waals surface area contributed by atoms with Gasteiger partial charge in [0.1, 0.15) is 16.9 Å². The molecule has 0 atom stereocenters. The van der Waals surface area contributed by atoms with E-state index in [0.29, 0.717) is 5.82 Å². The number of aryl methyl sites for hydroxylation is 1. The monoisotopic (exact) mass is 236 g/mol. The molecule has 0 bridgehead atoms. The van der Waals surface area contributed by atoms with Gasteiger partial charge in [0, 0.05) is 6.20 Å². The zero-order chi connectivity index (χ0) is 13.1. The molecule has 0 spiro atoms. The molecule has 5 heteroatoms. The summed E-state index contributed by atoms with van der Waals surface area (Å²) in [4.78, 5) is 31.7. The summed E-state index contributed by atoms with van der Waals surface area (Å²) < 4.78 is 4.88. The molecule has 0 aliphatic heterocycles. The number of ketones is 1. The van der Waals surface area contributed by atoms with Crippen molar-refractivity contribution < 1.29 is 14.3 Å². The molecule has 0 radical (unpaired) electrons. The number of hydrogen-bond donors (Lipinski definition) is 0. The molecule has 17 heavy (non-hydrogen) atoms. The lowest BCUT2D eigenvalue weighted by Crippen LogP contribution is -2.35. The summed E-state index contributed by atoms with van der Waals surface area (Å²) in [5, 5.41) is 0. The summed E-state index contributed by atoms with van der Waals surface area (Å²) in [5.74, 6) is -0.404. The van der Waals surface area contributed by atoms with Crippen molar-refractivity contribution in [2.45, 2.75) is 27.7 Å². The van der Waals surface area contributed by atoms with Crippen LogP contribution >= 0.6 is 0 Å². The van der Waals surface area contributed by atoms with Gasteiger partial charge in [0.15, 0.2) is 5.78 Å². The van der Waals surface area contributed by atoms with Gasteiger partial charge in [-0.3, -0.25) is 9.59 Å².